The Labute approximate surface area is 124 Å². The third-order valence-corrected chi connectivity index (χ3v) is 3.85. The second-order valence-electron chi connectivity index (χ2n) is 4.75. The van der Waals surface area contributed by atoms with Gasteiger partial charge in [-0.05, 0) is 34.5 Å². The molecular weight excluding hydrogens is 324 g/mol. The minimum absolute atomic E-state index is 0.128. The van der Waals surface area contributed by atoms with Gasteiger partial charge in [-0.3, -0.25) is 14.5 Å². The first-order valence-electron chi connectivity index (χ1n) is 6.24. The number of hydrogen-bond acceptors (Lipinski definition) is 4. The van der Waals surface area contributed by atoms with Crippen LogP contribution in [-0.4, -0.2) is 37.9 Å². The van der Waals surface area contributed by atoms with Gasteiger partial charge in [0.2, 0.25) is 0 Å². The topological polar surface area (TPSA) is 80.0 Å². The van der Waals surface area contributed by atoms with Crippen LogP contribution in [0.4, 0.5) is 0 Å². The van der Waals surface area contributed by atoms with Crippen LogP contribution in [0, 0.1) is 0 Å². The molecular formula is C13H13BrN4O2. The van der Waals surface area contributed by atoms with Crippen molar-refractivity contribution in [3.63, 3.8) is 0 Å². The van der Waals surface area contributed by atoms with Crippen molar-refractivity contribution in [3.8, 4) is 0 Å². The number of hydrogen-bond donors (Lipinski definition) is 2. The number of carbonyl (C=O) groups is 1. The zero-order valence-corrected chi connectivity index (χ0v) is 12.1. The molecule has 3 atom stereocenters. The van der Waals surface area contributed by atoms with E-state index < -0.39 is 6.10 Å². The average Bonchev–Trinajstić information content (AvgIpc) is 2.91. The molecule has 1 aliphatic rings. The number of rotatable bonds is 3. The number of pyridine rings is 1. The highest BCUT2D eigenvalue weighted by Gasteiger charge is 2.42. The molecule has 0 bridgehead atoms. The van der Waals surface area contributed by atoms with Crippen LogP contribution in [0.5, 0.6) is 0 Å². The van der Waals surface area contributed by atoms with E-state index in [4.69, 9.17) is 0 Å². The maximum absolute atomic E-state index is 12.1. The second kappa shape index (κ2) is 5.34. The predicted molar refractivity (Wildman–Crippen MR) is 75.1 cm³/mol. The van der Waals surface area contributed by atoms with Crippen molar-refractivity contribution >= 4 is 21.8 Å². The summed E-state index contributed by atoms with van der Waals surface area (Å²) in [6, 6.07) is 3.16. The van der Waals surface area contributed by atoms with E-state index in [1.54, 1.807) is 35.4 Å². The second-order valence-corrected chi connectivity index (χ2v) is 5.67. The third-order valence-electron chi connectivity index (χ3n) is 3.42. The number of nitrogens with zero attached hydrogens (tertiary/aromatic N) is 3. The van der Waals surface area contributed by atoms with Crippen molar-refractivity contribution in [1.29, 1.82) is 0 Å². The van der Waals surface area contributed by atoms with E-state index in [1.807, 2.05) is 0 Å². The third kappa shape index (κ3) is 2.46. The molecule has 0 radical (unpaired) electrons. The van der Waals surface area contributed by atoms with Gasteiger partial charge in [-0.25, -0.2) is 0 Å². The molecule has 2 N–H and O–H groups in total. The van der Waals surface area contributed by atoms with Gasteiger partial charge < -0.3 is 10.4 Å². The first-order chi connectivity index (χ1) is 9.65. The van der Waals surface area contributed by atoms with Crippen LogP contribution in [0.2, 0.25) is 0 Å². The summed E-state index contributed by atoms with van der Waals surface area (Å²) in [5.41, 5.74) is 0.486. The van der Waals surface area contributed by atoms with E-state index in [1.165, 1.54) is 6.20 Å². The molecule has 2 aromatic rings. The standard InChI is InChI=1S/C13H13BrN4O2/c14-9-4-8(6-15-7-9)13(20)17-10-5-11(19)12(10)18-3-1-2-16-18/h1-4,6-7,10-12,19H,5H2,(H,17,20)/t10-,11+,12+/m0/s1. The summed E-state index contributed by atoms with van der Waals surface area (Å²) in [5, 5.41) is 16.9. The lowest BCUT2D eigenvalue weighted by atomic mass is 9.83. The van der Waals surface area contributed by atoms with E-state index in [0.29, 0.717) is 12.0 Å². The zero-order valence-electron chi connectivity index (χ0n) is 10.5. The Morgan fingerprint density at radius 3 is 3.00 bits per heavy atom. The first-order valence-corrected chi connectivity index (χ1v) is 7.03. The molecule has 2 heterocycles. The molecule has 1 amide bonds. The van der Waals surface area contributed by atoms with E-state index in [0.717, 1.165) is 4.47 Å². The van der Waals surface area contributed by atoms with Crippen LogP contribution >= 0.6 is 15.9 Å². The SMILES string of the molecule is O=C(N[C@H]1C[C@@H](O)[C@@H]1n1cccn1)c1cncc(Br)c1. The van der Waals surface area contributed by atoms with Crippen molar-refractivity contribution in [2.75, 3.05) is 0 Å². The minimum Gasteiger partial charge on any atom is -0.391 e. The molecule has 7 heteroatoms. The molecule has 1 aliphatic carbocycles. The molecule has 0 saturated heterocycles. The van der Waals surface area contributed by atoms with Gasteiger partial charge >= 0.3 is 0 Å². The van der Waals surface area contributed by atoms with Gasteiger partial charge in [-0.15, -0.1) is 0 Å². The lowest BCUT2D eigenvalue weighted by molar-refractivity contribution is -0.00588. The number of carbonyl (C=O) groups excluding carboxylic acids is 1. The molecule has 2 aromatic heterocycles. The Balaban J connectivity index is 1.70. The number of aliphatic hydroxyl groups is 1. The van der Waals surface area contributed by atoms with Gasteiger partial charge in [0, 0.05) is 29.3 Å². The van der Waals surface area contributed by atoms with Crippen LogP contribution < -0.4 is 5.32 Å². The van der Waals surface area contributed by atoms with Crippen LogP contribution in [0.25, 0.3) is 0 Å². The van der Waals surface area contributed by atoms with Gasteiger partial charge in [0.25, 0.3) is 5.91 Å². The Hall–Kier alpha value is -1.73. The minimum atomic E-state index is -0.485. The molecule has 3 rings (SSSR count). The summed E-state index contributed by atoms with van der Waals surface area (Å²) in [5.74, 6) is -0.201. The van der Waals surface area contributed by atoms with Crippen LogP contribution in [0.3, 0.4) is 0 Å². The number of aliphatic hydroxyl groups excluding tert-OH is 1. The Morgan fingerprint density at radius 2 is 2.35 bits per heavy atom. The molecule has 1 fully saturated rings. The number of halogens is 1. The lowest BCUT2D eigenvalue weighted by Gasteiger charge is -2.41. The lowest BCUT2D eigenvalue weighted by Crippen LogP contribution is -2.56. The van der Waals surface area contributed by atoms with Gasteiger partial charge in [0.1, 0.15) is 0 Å². The van der Waals surface area contributed by atoms with E-state index in [9.17, 15) is 9.90 Å². The van der Waals surface area contributed by atoms with Crippen LogP contribution in [0.15, 0.2) is 41.4 Å². The van der Waals surface area contributed by atoms with E-state index >= 15 is 0 Å². The van der Waals surface area contributed by atoms with Crippen molar-refractivity contribution in [3.05, 3.63) is 47.0 Å². The maximum atomic E-state index is 12.1. The predicted octanol–water partition coefficient (Wildman–Crippen LogP) is 1.14. The van der Waals surface area contributed by atoms with Crippen molar-refractivity contribution < 1.29 is 9.90 Å². The first kappa shape index (κ1) is 13.3. The normalized spacial score (nSPS) is 25.0. The van der Waals surface area contributed by atoms with Gasteiger partial charge in [0.05, 0.1) is 23.8 Å². The highest BCUT2D eigenvalue weighted by molar-refractivity contribution is 9.10. The molecule has 0 unspecified atom stereocenters. The van der Waals surface area contributed by atoms with E-state index in [2.05, 4.69) is 31.3 Å². The summed E-state index contributed by atoms with van der Waals surface area (Å²) >= 11 is 3.28. The smallest absolute Gasteiger partial charge is 0.253 e. The molecule has 1 saturated carbocycles. The number of nitrogens with one attached hydrogen (secondary N) is 1. The average molecular weight is 337 g/mol. The molecule has 0 spiro atoms. The monoisotopic (exact) mass is 336 g/mol. The maximum Gasteiger partial charge on any atom is 0.253 e. The molecule has 6 nitrogen and oxygen atoms in total. The summed E-state index contributed by atoms with van der Waals surface area (Å²) in [6.07, 6.45) is 6.61. The number of amides is 1. The molecule has 104 valence electrons. The highest BCUT2D eigenvalue weighted by atomic mass is 79.9. The van der Waals surface area contributed by atoms with Gasteiger partial charge in [0.15, 0.2) is 0 Å². The molecule has 20 heavy (non-hydrogen) atoms. The zero-order chi connectivity index (χ0) is 14.1. The molecule has 0 aromatic carbocycles. The Kier molecular flexibility index (Phi) is 3.54. The highest BCUT2D eigenvalue weighted by Crippen LogP contribution is 2.32. The summed E-state index contributed by atoms with van der Waals surface area (Å²) < 4.78 is 2.43. The summed E-state index contributed by atoms with van der Waals surface area (Å²) in [4.78, 5) is 16.1. The summed E-state index contributed by atoms with van der Waals surface area (Å²) in [6.45, 7) is 0. The fraction of sp³-hybridized carbons (Fsp3) is 0.308. The Bertz CT molecular complexity index is 617. The van der Waals surface area contributed by atoms with Crippen molar-refractivity contribution in [1.82, 2.24) is 20.1 Å². The van der Waals surface area contributed by atoms with Crippen LogP contribution in [-0.2, 0) is 0 Å². The fourth-order valence-electron chi connectivity index (χ4n) is 2.36. The van der Waals surface area contributed by atoms with Crippen molar-refractivity contribution in [2.24, 2.45) is 0 Å². The van der Waals surface area contributed by atoms with Gasteiger partial charge in [-0.1, -0.05) is 0 Å². The fourth-order valence-corrected chi connectivity index (χ4v) is 2.73. The van der Waals surface area contributed by atoms with Crippen molar-refractivity contribution in [2.45, 2.75) is 24.6 Å². The molecule has 0 aliphatic heterocycles. The number of aromatic nitrogens is 3. The Morgan fingerprint density at radius 1 is 1.50 bits per heavy atom. The van der Waals surface area contributed by atoms with Gasteiger partial charge in [-0.2, -0.15) is 5.10 Å². The van der Waals surface area contributed by atoms with Crippen LogP contribution in [0.1, 0.15) is 22.8 Å². The quantitative estimate of drug-likeness (QED) is 0.880. The largest absolute Gasteiger partial charge is 0.391 e. The summed E-state index contributed by atoms with van der Waals surface area (Å²) in [7, 11) is 0. The van der Waals surface area contributed by atoms with E-state index in [-0.39, 0.29) is 18.0 Å².